The number of nitrogens with zero attached hydrogens (tertiary/aromatic N) is 1. The summed E-state index contributed by atoms with van der Waals surface area (Å²) in [5, 5.41) is 3.60. The molecule has 0 aliphatic rings. The van der Waals surface area contributed by atoms with Gasteiger partial charge in [-0.15, -0.1) is 11.3 Å². The van der Waals surface area contributed by atoms with Crippen LogP contribution < -0.4 is 14.8 Å². The Hall–Kier alpha value is -2.49. The summed E-state index contributed by atoms with van der Waals surface area (Å²) >= 11 is 1.57. The number of benzene rings is 2. The Morgan fingerprint density at radius 2 is 2.04 bits per heavy atom. The Balaban J connectivity index is 1.65. The minimum Gasteiger partial charge on any atom is -0.497 e. The van der Waals surface area contributed by atoms with Gasteiger partial charge in [0, 0.05) is 11.8 Å². The number of nitrogens with one attached hydrogen (secondary N) is 2. The maximum absolute atomic E-state index is 12.3. The van der Waals surface area contributed by atoms with Crippen LogP contribution in [0.15, 0.2) is 47.4 Å². The summed E-state index contributed by atoms with van der Waals surface area (Å²) in [5.74, 6) is -0.0491. The average molecular weight is 391 g/mol. The molecule has 1 aromatic heterocycles. The van der Waals surface area contributed by atoms with E-state index < -0.39 is 15.9 Å². The normalized spacial score (nSPS) is 11.5. The zero-order valence-corrected chi connectivity index (χ0v) is 15.8. The van der Waals surface area contributed by atoms with Crippen LogP contribution in [0.1, 0.15) is 5.01 Å². The molecule has 0 bridgehead atoms. The van der Waals surface area contributed by atoms with Gasteiger partial charge >= 0.3 is 0 Å². The van der Waals surface area contributed by atoms with Crippen molar-refractivity contribution in [1.82, 2.24) is 9.71 Å². The minimum atomic E-state index is -3.81. The second kappa shape index (κ2) is 7.40. The maximum Gasteiger partial charge on any atom is 0.241 e. The topological polar surface area (TPSA) is 97.4 Å². The molecule has 0 spiro atoms. The van der Waals surface area contributed by atoms with Gasteiger partial charge in [-0.1, -0.05) is 6.07 Å². The highest BCUT2D eigenvalue weighted by molar-refractivity contribution is 7.89. The van der Waals surface area contributed by atoms with Crippen LogP contribution in [0.5, 0.6) is 5.75 Å². The van der Waals surface area contributed by atoms with Crippen LogP contribution in [-0.2, 0) is 14.8 Å². The summed E-state index contributed by atoms with van der Waals surface area (Å²) in [4.78, 5) is 16.5. The molecule has 0 saturated heterocycles. The van der Waals surface area contributed by atoms with Gasteiger partial charge in [0.05, 0.1) is 33.8 Å². The zero-order valence-electron chi connectivity index (χ0n) is 14.1. The molecule has 0 aliphatic carbocycles. The Morgan fingerprint density at radius 1 is 1.23 bits per heavy atom. The van der Waals surface area contributed by atoms with Gasteiger partial charge in [0.25, 0.3) is 0 Å². The van der Waals surface area contributed by atoms with Crippen LogP contribution in [0.4, 0.5) is 5.69 Å². The van der Waals surface area contributed by atoms with Gasteiger partial charge in [0.2, 0.25) is 15.9 Å². The molecule has 9 heteroatoms. The number of methoxy groups -OCH3 is 1. The lowest BCUT2D eigenvalue weighted by Gasteiger charge is -2.09. The Kier molecular flexibility index (Phi) is 5.21. The van der Waals surface area contributed by atoms with Gasteiger partial charge in [-0.05, 0) is 37.3 Å². The van der Waals surface area contributed by atoms with Crippen molar-refractivity contribution >= 4 is 43.2 Å². The third-order valence-corrected chi connectivity index (χ3v) is 5.90. The van der Waals surface area contributed by atoms with Crippen molar-refractivity contribution in [2.45, 2.75) is 11.8 Å². The van der Waals surface area contributed by atoms with E-state index in [-0.39, 0.29) is 11.4 Å². The van der Waals surface area contributed by atoms with E-state index in [1.165, 1.54) is 19.2 Å². The molecule has 136 valence electrons. The van der Waals surface area contributed by atoms with E-state index in [1.807, 2.05) is 13.0 Å². The summed E-state index contributed by atoms with van der Waals surface area (Å²) in [6.07, 6.45) is 0. The smallest absolute Gasteiger partial charge is 0.241 e. The fourth-order valence-corrected chi connectivity index (χ4v) is 4.16. The van der Waals surface area contributed by atoms with Crippen molar-refractivity contribution in [3.8, 4) is 5.75 Å². The van der Waals surface area contributed by atoms with E-state index in [4.69, 9.17) is 4.74 Å². The Morgan fingerprint density at radius 3 is 2.81 bits per heavy atom. The number of carbonyl (C=O) groups is 1. The number of rotatable bonds is 6. The SMILES string of the molecule is COc1cccc(S(=O)(=O)NCC(=O)Nc2ccc3sc(C)nc3c2)c1. The predicted octanol–water partition coefficient (Wildman–Crippen LogP) is 2.53. The fraction of sp³-hybridized carbons (Fsp3) is 0.176. The van der Waals surface area contributed by atoms with Crippen molar-refractivity contribution in [3.05, 3.63) is 47.5 Å². The van der Waals surface area contributed by atoms with Crippen molar-refractivity contribution < 1.29 is 17.9 Å². The van der Waals surface area contributed by atoms with Gasteiger partial charge < -0.3 is 10.1 Å². The third-order valence-electron chi connectivity index (χ3n) is 3.55. The molecular formula is C17H17N3O4S2. The van der Waals surface area contributed by atoms with E-state index in [2.05, 4.69) is 15.0 Å². The molecule has 3 rings (SSSR count). The first-order valence-electron chi connectivity index (χ1n) is 7.68. The van der Waals surface area contributed by atoms with E-state index in [0.717, 1.165) is 15.2 Å². The molecule has 0 aliphatic heterocycles. The molecule has 26 heavy (non-hydrogen) atoms. The molecule has 2 aromatic carbocycles. The fourth-order valence-electron chi connectivity index (χ4n) is 2.34. The van der Waals surface area contributed by atoms with E-state index in [1.54, 1.807) is 35.6 Å². The lowest BCUT2D eigenvalue weighted by Crippen LogP contribution is -2.32. The first-order valence-corrected chi connectivity index (χ1v) is 9.98. The molecule has 7 nitrogen and oxygen atoms in total. The summed E-state index contributed by atoms with van der Waals surface area (Å²) in [6.45, 7) is 1.53. The van der Waals surface area contributed by atoms with Gasteiger partial charge in [-0.25, -0.2) is 18.1 Å². The Labute approximate surface area is 155 Å². The van der Waals surface area contributed by atoms with Gasteiger partial charge in [0.1, 0.15) is 5.75 Å². The van der Waals surface area contributed by atoms with Crippen molar-refractivity contribution in [3.63, 3.8) is 0 Å². The molecule has 1 heterocycles. The number of hydrogen-bond donors (Lipinski definition) is 2. The first-order chi connectivity index (χ1) is 12.4. The number of sulfonamides is 1. The largest absolute Gasteiger partial charge is 0.497 e. The zero-order chi connectivity index (χ0) is 18.7. The molecular weight excluding hydrogens is 374 g/mol. The number of anilines is 1. The van der Waals surface area contributed by atoms with Crippen molar-refractivity contribution in [2.24, 2.45) is 0 Å². The van der Waals surface area contributed by atoms with Gasteiger partial charge in [0.15, 0.2) is 0 Å². The van der Waals surface area contributed by atoms with Crippen LogP contribution >= 0.6 is 11.3 Å². The standard InChI is InChI=1S/C17H17N3O4S2/c1-11-19-15-8-12(6-7-16(15)25-11)20-17(21)10-18-26(22,23)14-5-3-4-13(9-14)24-2/h3-9,18H,10H2,1-2H3,(H,20,21). The molecule has 0 unspecified atom stereocenters. The summed E-state index contributed by atoms with van der Waals surface area (Å²) in [5.41, 5.74) is 1.36. The van der Waals surface area contributed by atoms with E-state index in [0.29, 0.717) is 11.4 Å². The van der Waals surface area contributed by atoms with Gasteiger partial charge in [-0.2, -0.15) is 0 Å². The Bertz CT molecular complexity index is 1060. The molecule has 0 atom stereocenters. The van der Waals surface area contributed by atoms with Crippen LogP contribution in [0, 0.1) is 6.92 Å². The minimum absolute atomic E-state index is 0.0315. The van der Waals surface area contributed by atoms with E-state index in [9.17, 15) is 13.2 Å². The van der Waals surface area contributed by atoms with Crippen molar-refractivity contribution in [1.29, 1.82) is 0 Å². The number of amides is 1. The highest BCUT2D eigenvalue weighted by Crippen LogP contribution is 2.24. The number of aryl methyl sites for hydroxylation is 1. The van der Waals surface area contributed by atoms with Gasteiger partial charge in [-0.3, -0.25) is 4.79 Å². The monoisotopic (exact) mass is 391 g/mol. The molecule has 1 amide bonds. The number of aromatic nitrogens is 1. The van der Waals surface area contributed by atoms with E-state index >= 15 is 0 Å². The number of ether oxygens (including phenoxy) is 1. The molecule has 3 aromatic rings. The van der Waals surface area contributed by atoms with Crippen LogP contribution in [0.3, 0.4) is 0 Å². The summed E-state index contributed by atoms with van der Waals surface area (Å²) in [6, 6.07) is 11.4. The second-order valence-electron chi connectivity index (χ2n) is 5.47. The van der Waals surface area contributed by atoms with Crippen LogP contribution in [-0.4, -0.2) is 33.0 Å². The number of fused-ring (bicyclic) bond motifs is 1. The predicted molar refractivity (Wildman–Crippen MR) is 101 cm³/mol. The maximum atomic E-state index is 12.3. The van der Waals surface area contributed by atoms with Crippen LogP contribution in [0.25, 0.3) is 10.2 Å². The lowest BCUT2D eigenvalue weighted by atomic mass is 10.3. The average Bonchev–Trinajstić information content (AvgIpc) is 2.99. The third kappa shape index (κ3) is 4.18. The number of carbonyl (C=O) groups excluding carboxylic acids is 1. The molecule has 2 N–H and O–H groups in total. The quantitative estimate of drug-likeness (QED) is 0.673. The summed E-state index contributed by atoms with van der Waals surface area (Å²) < 4.78 is 32.9. The highest BCUT2D eigenvalue weighted by atomic mass is 32.2. The highest BCUT2D eigenvalue weighted by Gasteiger charge is 2.16. The first kappa shape index (κ1) is 18.3. The second-order valence-corrected chi connectivity index (χ2v) is 8.47. The van der Waals surface area contributed by atoms with Crippen LogP contribution in [0.2, 0.25) is 0 Å². The molecule has 0 saturated carbocycles. The lowest BCUT2D eigenvalue weighted by molar-refractivity contribution is -0.115. The molecule has 0 fully saturated rings. The van der Waals surface area contributed by atoms with Crippen molar-refractivity contribution in [2.75, 3.05) is 19.0 Å². The molecule has 0 radical (unpaired) electrons. The summed E-state index contributed by atoms with van der Waals surface area (Å²) in [7, 11) is -2.36. The number of hydrogen-bond acceptors (Lipinski definition) is 6. The number of thiazole rings is 1.